The zero-order chi connectivity index (χ0) is 19.6. The summed E-state index contributed by atoms with van der Waals surface area (Å²) in [6, 6.07) is 14.9. The average Bonchev–Trinajstić information content (AvgIpc) is 2.88. The summed E-state index contributed by atoms with van der Waals surface area (Å²) in [6.07, 6.45) is 0.710. The van der Waals surface area contributed by atoms with Crippen LogP contribution in [0.1, 0.15) is 44.2 Å². The van der Waals surface area contributed by atoms with Crippen molar-refractivity contribution in [2.75, 3.05) is 11.9 Å². The van der Waals surface area contributed by atoms with E-state index in [9.17, 15) is 9.59 Å². The number of anilines is 1. The molecule has 0 saturated heterocycles. The van der Waals surface area contributed by atoms with Gasteiger partial charge in [-0.05, 0) is 47.7 Å². The summed E-state index contributed by atoms with van der Waals surface area (Å²) in [5.74, 6) is -0.136. The van der Waals surface area contributed by atoms with Gasteiger partial charge in [-0.25, -0.2) is 0 Å². The number of carbonyl (C=O) groups excluding carboxylic acids is 2. The van der Waals surface area contributed by atoms with Crippen LogP contribution in [-0.4, -0.2) is 23.3 Å². The number of halogens is 1. The van der Waals surface area contributed by atoms with E-state index < -0.39 is 0 Å². The number of imide groups is 1. The van der Waals surface area contributed by atoms with Gasteiger partial charge in [-0.3, -0.25) is 14.5 Å². The molecule has 0 atom stereocenters. The predicted octanol–water partition coefficient (Wildman–Crippen LogP) is 5.07. The molecule has 3 rings (SSSR count). The van der Waals surface area contributed by atoms with Crippen molar-refractivity contribution in [2.45, 2.75) is 33.1 Å². The topological polar surface area (TPSA) is 49.4 Å². The largest absolute Gasteiger partial charge is 0.350 e. The van der Waals surface area contributed by atoms with E-state index in [0.29, 0.717) is 40.7 Å². The zero-order valence-electron chi connectivity index (χ0n) is 15.8. The molecule has 2 amide bonds. The minimum atomic E-state index is -0.292. The molecule has 0 fully saturated rings. The van der Waals surface area contributed by atoms with Gasteiger partial charge in [0.05, 0.1) is 5.57 Å². The second-order valence-corrected chi connectivity index (χ2v) is 7.36. The monoisotopic (exact) mass is 382 g/mol. The third-order valence-corrected chi connectivity index (χ3v) is 4.85. The molecule has 0 aliphatic carbocycles. The molecule has 140 valence electrons. The fraction of sp³-hybridized carbons (Fsp3) is 0.273. The number of nitrogens with one attached hydrogen (secondary N) is 1. The van der Waals surface area contributed by atoms with Crippen LogP contribution in [0.3, 0.4) is 0 Å². The summed E-state index contributed by atoms with van der Waals surface area (Å²) >= 11 is 5.97. The Bertz CT molecular complexity index is 884. The van der Waals surface area contributed by atoms with Gasteiger partial charge in [0.25, 0.3) is 11.8 Å². The van der Waals surface area contributed by atoms with E-state index in [4.69, 9.17) is 11.6 Å². The number of hydrogen-bond donors (Lipinski definition) is 1. The van der Waals surface area contributed by atoms with Crippen molar-refractivity contribution in [1.29, 1.82) is 0 Å². The summed E-state index contributed by atoms with van der Waals surface area (Å²) in [6.45, 7) is 6.60. The van der Waals surface area contributed by atoms with Crippen LogP contribution >= 0.6 is 11.6 Å². The molecule has 1 aliphatic heterocycles. The molecule has 0 aromatic heterocycles. The molecule has 27 heavy (non-hydrogen) atoms. The van der Waals surface area contributed by atoms with Crippen molar-refractivity contribution in [3.05, 3.63) is 70.4 Å². The van der Waals surface area contributed by atoms with Gasteiger partial charge in [0.1, 0.15) is 5.70 Å². The second-order valence-electron chi connectivity index (χ2n) is 6.92. The molecule has 1 heterocycles. The minimum absolute atomic E-state index is 0.273. The Hall–Kier alpha value is -2.59. The van der Waals surface area contributed by atoms with E-state index >= 15 is 0 Å². The molecule has 0 unspecified atom stereocenters. The van der Waals surface area contributed by atoms with Crippen molar-refractivity contribution in [1.82, 2.24) is 4.90 Å². The number of amides is 2. The highest BCUT2D eigenvalue weighted by Gasteiger charge is 2.38. The predicted molar refractivity (Wildman–Crippen MR) is 110 cm³/mol. The van der Waals surface area contributed by atoms with Crippen molar-refractivity contribution < 1.29 is 9.59 Å². The van der Waals surface area contributed by atoms with Gasteiger partial charge < -0.3 is 5.32 Å². The highest BCUT2D eigenvalue weighted by atomic mass is 35.5. The first-order valence-electron chi connectivity index (χ1n) is 9.15. The summed E-state index contributed by atoms with van der Waals surface area (Å²) < 4.78 is 0. The lowest BCUT2D eigenvalue weighted by atomic mass is 10.0. The van der Waals surface area contributed by atoms with Gasteiger partial charge in [-0.1, -0.05) is 56.6 Å². The lowest BCUT2D eigenvalue weighted by Crippen LogP contribution is -2.33. The standard InChI is InChI=1S/C22H23ClN2O2/c1-4-13-25-21(26)19(16-5-9-17(23)10-6-16)20(22(25)27)24-18-11-7-15(8-12-18)14(2)3/h5-12,14,24H,4,13H2,1-3H3. The van der Waals surface area contributed by atoms with E-state index in [1.54, 1.807) is 24.3 Å². The molecule has 0 saturated carbocycles. The van der Waals surface area contributed by atoms with Crippen LogP contribution in [0, 0.1) is 0 Å². The average molecular weight is 383 g/mol. The van der Waals surface area contributed by atoms with E-state index in [2.05, 4.69) is 19.2 Å². The zero-order valence-corrected chi connectivity index (χ0v) is 16.5. The van der Waals surface area contributed by atoms with Gasteiger partial charge in [-0.2, -0.15) is 0 Å². The lowest BCUT2D eigenvalue weighted by molar-refractivity contribution is -0.136. The van der Waals surface area contributed by atoms with Crippen LogP contribution in [0.25, 0.3) is 5.57 Å². The van der Waals surface area contributed by atoms with Crippen LogP contribution in [0.5, 0.6) is 0 Å². The van der Waals surface area contributed by atoms with Crippen molar-refractivity contribution in [2.24, 2.45) is 0 Å². The van der Waals surface area contributed by atoms with Crippen LogP contribution in [0.4, 0.5) is 5.69 Å². The van der Waals surface area contributed by atoms with E-state index in [0.717, 1.165) is 5.69 Å². The Morgan fingerprint density at radius 2 is 1.59 bits per heavy atom. The first-order valence-corrected chi connectivity index (χ1v) is 9.53. The first kappa shape index (κ1) is 19.2. The Morgan fingerprint density at radius 3 is 2.15 bits per heavy atom. The van der Waals surface area contributed by atoms with Gasteiger partial charge in [-0.15, -0.1) is 0 Å². The van der Waals surface area contributed by atoms with Crippen molar-refractivity contribution in [3.8, 4) is 0 Å². The molecule has 1 aliphatic rings. The number of benzene rings is 2. The SMILES string of the molecule is CCCN1C(=O)C(Nc2ccc(C(C)C)cc2)=C(c2ccc(Cl)cc2)C1=O. The number of rotatable bonds is 6. The van der Waals surface area contributed by atoms with Gasteiger partial charge in [0.15, 0.2) is 0 Å². The maximum Gasteiger partial charge on any atom is 0.278 e. The quantitative estimate of drug-likeness (QED) is 0.710. The van der Waals surface area contributed by atoms with Crippen LogP contribution in [0.2, 0.25) is 5.02 Å². The molecule has 0 bridgehead atoms. The molecular formula is C22H23ClN2O2. The molecule has 1 N–H and O–H groups in total. The minimum Gasteiger partial charge on any atom is -0.350 e. The third kappa shape index (κ3) is 3.91. The van der Waals surface area contributed by atoms with E-state index in [1.165, 1.54) is 10.5 Å². The van der Waals surface area contributed by atoms with Crippen LogP contribution in [0.15, 0.2) is 54.2 Å². The summed E-state index contributed by atoms with van der Waals surface area (Å²) in [5.41, 5.74) is 3.37. The third-order valence-electron chi connectivity index (χ3n) is 4.59. The van der Waals surface area contributed by atoms with Gasteiger partial charge in [0, 0.05) is 17.3 Å². The number of hydrogen-bond acceptors (Lipinski definition) is 3. The molecule has 4 nitrogen and oxygen atoms in total. The van der Waals surface area contributed by atoms with Crippen LogP contribution < -0.4 is 5.32 Å². The summed E-state index contributed by atoms with van der Waals surface area (Å²) in [7, 11) is 0. The smallest absolute Gasteiger partial charge is 0.278 e. The van der Waals surface area contributed by atoms with E-state index in [-0.39, 0.29) is 11.8 Å². The fourth-order valence-corrected chi connectivity index (χ4v) is 3.22. The highest BCUT2D eigenvalue weighted by Crippen LogP contribution is 2.31. The summed E-state index contributed by atoms with van der Waals surface area (Å²) in [4.78, 5) is 27.1. The molecule has 2 aromatic carbocycles. The lowest BCUT2D eigenvalue weighted by Gasteiger charge is -2.14. The van der Waals surface area contributed by atoms with Gasteiger partial charge >= 0.3 is 0 Å². The number of carbonyl (C=O) groups is 2. The molecule has 2 aromatic rings. The Labute approximate surface area is 164 Å². The summed E-state index contributed by atoms with van der Waals surface area (Å²) in [5, 5.41) is 3.76. The first-order chi connectivity index (χ1) is 12.9. The Kier molecular flexibility index (Phi) is 5.66. The Balaban J connectivity index is 2.01. The maximum atomic E-state index is 12.9. The van der Waals surface area contributed by atoms with Crippen molar-refractivity contribution in [3.63, 3.8) is 0 Å². The Morgan fingerprint density at radius 1 is 0.963 bits per heavy atom. The highest BCUT2D eigenvalue weighted by molar-refractivity contribution is 6.36. The van der Waals surface area contributed by atoms with E-state index in [1.807, 2.05) is 31.2 Å². The number of nitrogens with zero attached hydrogens (tertiary/aromatic N) is 1. The second kappa shape index (κ2) is 7.97. The molecule has 0 radical (unpaired) electrons. The maximum absolute atomic E-state index is 12.9. The van der Waals surface area contributed by atoms with Crippen LogP contribution in [-0.2, 0) is 9.59 Å². The van der Waals surface area contributed by atoms with Gasteiger partial charge in [0.2, 0.25) is 0 Å². The molecule has 0 spiro atoms. The van der Waals surface area contributed by atoms with Crippen molar-refractivity contribution >= 4 is 34.7 Å². The normalized spacial score (nSPS) is 14.5. The molecular weight excluding hydrogens is 360 g/mol. The molecule has 5 heteroatoms. The fourth-order valence-electron chi connectivity index (χ4n) is 3.10.